The molecule has 2 aromatic rings. The monoisotopic (exact) mass is 447 g/mol. The summed E-state index contributed by atoms with van der Waals surface area (Å²) in [6, 6.07) is 9.98. The molecule has 0 spiro atoms. The van der Waals surface area contributed by atoms with Crippen molar-refractivity contribution in [1.29, 1.82) is 0 Å². The number of carbonyl (C=O) groups is 1. The number of rotatable bonds is 9. The third-order valence-electron chi connectivity index (χ3n) is 4.90. The molecule has 1 aliphatic rings. The first-order chi connectivity index (χ1) is 14.7. The van der Waals surface area contributed by atoms with Crippen LogP contribution in [0, 0.1) is 6.92 Å². The average molecular weight is 448 g/mol. The third kappa shape index (κ3) is 5.96. The molecule has 3 rings (SSSR count). The summed E-state index contributed by atoms with van der Waals surface area (Å²) in [6.45, 7) is 6.33. The van der Waals surface area contributed by atoms with Crippen molar-refractivity contribution < 1.29 is 23.1 Å². The number of carbonyl (C=O) groups excluding carboxylic acids is 1. The van der Waals surface area contributed by atoms with Gasteiger partial charge in [-0.15, -0.1) is 0 Å². The zero-order chi connectivity index (χ0) is 22.6. The van der Waals surface area contributed by atoms with Crippen molar-refractivity contribution in [2.24, 2.45) is 0 Å². The van der Waals surface area contributed by atoms with E-state index in [2.05, 4.69) is 15.4 Å². The highest BCUT2D eigenvalue weighted by atomic mass is 32.2. The van der Waals surface area contributed by atoms with Gasteiger partial charge < -0.3 is 20.5 Å². The molecule has 1 atom stereocenters. The molecule has 0 aromatic heterocycles. The lowest BCUT2D eigenvalue weighted by molar-refractivity contribution is -0.116. The van der Waals surface area contributed by atoms with Crippen LogP contribution >= 0.6 is 0 Å². The summed E-state index contributed by atoms with van der Waals surface area (Å²) in [4.78, 5) is 12.1. The highest BCUT2D eigenvalue weighted by Gasteiger charge is 2.25. The average Bonchev–Trinajstić information content (AvgIpc) is 2.71. The van der Waals surface area contributed by atoms with Gasteiger partial charge in [-0.25, -0.2) is 8.42 Å². The predicted octanol–water partition coefficient (Wildman–Crippen LogP) is 2.42. The van der Waals surface area contributed by atoms with E-state index in [4.69, 9.17) is 4.74 Å². The van der Waals surface area contributed by atoms with Crippen molar-refractivity contribution in [3.8, 4) is 5.75 Å². The lowest BCUT2D eigenvalue weighted by Crippen LogP contribution is -2.35. The highest BCUT2D eigenvalue weighted by Crippen LogP contribution is 2.38. The molecule has 31 heavy (non-hydrogen) atoms. The van der Waals surface area contributed by atoms with Crippen LogP contribution in [0.5, 0.6) is 5.75 Å². The Kier molecular flexibility index (Phi) is 7.19. The van der Waals surface area contributed by atoms with Crippen LogP contribution in [0.1, 0.15) is 31.4 Å². The van der Waals surface area contributed by atoms with Crippen molar-refractivity contribution in [2.45, 2.75) is 50.7 Å². The van der Waals surface area contributed by atoms with E-state index >= 15 is 0 Å². The van der Waals surface area contributed by atoms with E-state index < -0.39 is 16.1 Å². The Morgan fingerprint density at radius 3 is 2.52 bits per heavy atom. The van der Waals surface area contributed by atoms with Crippen LogP contribution in [-0.2, 0) is 21.2 Å². The molecule has 1 heterocycles. The van der Waals surface area contributed by atoms with Crippen molar-refractivity contribution in [3.63, 3.8) is 0 Å². The van der Waals surface area contributed by atoms with Gasteiger partial charge in [0.15, 0.2) is 0 Å². The Morgan fingerprint density at radius 1 is 1.13 bits per heavy atom. The summed E-state index contributed by atoms with van der Waals surface area (Å²) in [6.07, 6.45) is -0.0118. The Morgan fingerprint density at radius 2 is 1.84 bits per heavy atom. The molecule has 168 valence electrons. The molecule has 0 aliphatic carbocycles. The lowest BCUT2D eigenvalue weighted by Gasteiger charge is -2.24. The minimum Gasteiger partial charge on any atom is -0.490 e. The summed E-state index contributed by atoms with van der Waals surface area (Å²) in [5, 5.41) is 16.0. The Labute approximate surface area is 183 Å². The van der Waals surface area contributed by atoms with Crippen LogP contribution in [-0.4, -0.2) is 44.7 Å². The van der Waals surface area contributed by atoms with Crippen molar-refractivity contribution in [3.05, 3.63) is 47.5 Å². The standard InChI is InChI=1S/C22H29N3O5S/c1-14(2)23-12-16(26)13-30-20-10-9-19(22-18(20)8-11-21(27)24-22)25-31(28,29)17-6-4-15(3)5-7-17/h4-7,9-10,14,16,23,25-26H,8,11-13H2,1-3H3,(H,24,27). The van der Waals surface area contributed by atoms with Crippen LogP contribution in [0.25, 0.3) is 0 Å². The van der Waals surface area contributed by atoms with Crippen LogP contribution < -0.4 is 20.1 Å². The van der Waals surface area contributed by atoms with Gasteiger partial charge in [0.2, 0.25) is 5.91 Å². The molecular formula is C22H29N3O5S. The molecule has 4 N–H and O–H groups in total. The molecule has 0 fully saturated rings. The molecule has 0 saturated heterocycles. The van der Waals surface area contributed by atoms with Gasteiger partial charge in [-0.1, -0.05) is 31.5 Å². The van der Waals surface area contributed by atoms with Gasteiger partial charge in [0.1, 0.15) is 18.5 Å². The van der Waals surface area contributed by atoms with Gasteiger partial charge in [0.05, 0.1) is 16.3 Å². The number of ether oxygens (including phenoxy) is 1. The quantitative estimate of drug-likeness (QED) is 0.469. The maximum Gasteiger partial charge on any atom is 0.261 e. The van der Waals surface area contributed by atoms with Crippen molar-refractivity contribution >= 4 is 27.3 Å². The first-order valence-corrected chi connectivity index (χ1v) is 11.7. The van der Waals surface area contributed by atoms with Crippen LogP contribution in [0.4, 0.5) is 11.4 Å². The second-order valence-corrected chi connectivity index (χ2v) is 9.64. The zero-order valence-electron chi connectivity index (χ0n) is 17.9. The first-order valence-electron chi connectivity index (χ1n) is 10.2. The van der Waals surface area contributed by atoms with E-state index in [0.717, 1.165) is 5.56 Å². The number of benzene rings is 2. The van der Waals surface area contributed by atoms with Crippen molar-refractivity contribution in [1.82, 2.24) is 5.32 Å². The van der Waals surface area contributed by atoms with Gasteiger partial charge in [0, 0.05) is 24.6 Å². The normalized spacial score (nSPS) is 14.7. The number of hydrogen-bond acceptors (Lipinski definition) is 6. The van der Waals surface area contributed by atoms with Gasteiger partial charge in [0.25, 0.3) is 10.0 Å². The third-order valence-corrected chi connectivity index (χ3v) is 6.29. The summed E-state index contributed by atoms with van der Waals surface area (Å²) < 4.78 is 34.0. The number of aryl methyl sites for hydroxylation is 1. The fourth-order valence-electron chi connectivity index (χ4n) is 3.22. The second-order valence-electron chi connectivity index (χ2n) is 7.96. The smallest absolute Gasteiger partial charge is 0.261 e. The van der Waals surface area contributed by atoms with Crippen LogP contribution in [0.3, 0.4) is 0 Å². The number of aliphatic hydroxyl groups excluding tert-OH is 1. The number of fused-ring (bicyclic) bond motifs is 1. The van der Waals surface area contributed by atoms with Gasteiger partial charge in [-0.3, -0.25) is 9.52 Å². The second kappa shape index (κ2) is 9.67. The number of hydrogen-bond donors (Lipinski definition) is 4. The Balaban J connectivity index is 1.82. The summed E-state index contributed by atoms with van der Waals surface area (Å²) in [5.74, 6) is 0.318. The molecule has 9 heteroatoms. The molecule has 1 aliphatic heterocycles. The minimum absolute atomic E-state index is 0.0779. The highest BCUT2D eigenvalue weighted by molar-refractivity contribution is 7.92. The van der Waals surface area contributed by atoms with E-state index in [9.17, 15) is 18.3 Å². The molecule has 2 aromatic carbocycles. The van der Waals surface area contributed by atoms with E-state index in [1.807, 2.05) is 20.8 Å². The fraction of sp³-hybridized carbons (Fsp3) is 0.409. The number of sulfonamides is 1. The molecule has 1 unspecified atom stereocenters. The first kappa shape index (κ1) is 23.1. The number of nitrogens with one attached hydrogen (secondary N) is 3. The van der Waals surface area contributed by atoms with E-state index in [1.54, 1.807) is 24.3 Å². The maximum absolute atomic E-state index is 12.8. The molecule has 0 radical (unpaired) electrons. The van der Waals surface area contributed by atoms with E-state index in [-0.39, 0.29) is 35.6 Å². The van der Waals surface area contributed by atoms with Crippen molar-refractivity contribution in [2.75, 3.05) is 23.2 Å². The van der Waals surface area contributed by atoms with Gasteiger partial charge in [-0.05, 0) is 37.6 Å². The minimum atomic E-state index is -3.83. The van der Waals surface area contributed by atoms with Gasteiger partial charge in [-0.2, -0.15) is 0 Å². The summed E-state index contributed by atoms with van der Waals surface area (Å²) in [5.41, 5.74) is 2.32. The maximum atomic E-state index is 12.8. The zero-order valence-corrected chi connectivity index (χ0v) is 18.8. The summed E-state index contributed by atoms with van der Waals surface area (Å²) >= 11 is 0. The van der Waals surface area contributed by atoms with Crippen LogP contribution in [0.2, 0.25) is 0 Å². The van der Waals surface area contributed by atoms with E-state index in [1.165, 1.54) is 12.1 Å². The molecule has 1 amide bonds. The molecule has 8 nitrogen and oxygen atoms in total. The lowest BCUT2D eigenvalue weighted by atomic mass is 10.0. The SMILES string of the molecule is Cc1ccc(S(=O)(=O)Nc2ccc(OCC(O)CNC(C)C)c3c2NC(=O)CC3)cc1. The predicted molar refractivity (Wildman–Crippen MR) is 120 cm³/mol. The molecule has 0 saturated carbocycles. The summed E-state index contributed by atoms with van der Waals surface area (Å²) in [7, 11) is -3.83. The largest absolute Gasteiger partial charge is 0.490 e. The fourth-order valence-corrected chi connectivity index (χ4v) is 4.29. The molecule has 0 bridgehead atoms. The Bertz CT molecular complexity index is 1040. The number of amides is 1. The Hall–Kier alpha value is -2.62. The topological polar surface area (TPSA) is 117 Å². The number of anilines is 2. The van der Waals surface area contributed by atoms with Crippen LogP contribution in [0.15, 0.2) is 41.3 Å². The number of aliphatic hydroxyl groups is 1. The molecular weight excluding hydrogens is 418 g/mol. The van der Waals surface area contributed by atoms with Gasteiger partial charge >= 0.3 is 0 Å². The van der Waals surface area contributed by atoms with E-state index in [0.29, 0.717) is 30.0 Å².